The van der Waals surface area contributed by atoms with E-state index in [-0.39, 0.29) is 12.3 Å². The molecule has 0 saturated carbocycles. The summed E-state index contributed by atoms with van der Waals surface area (Å²) >= 11 is 0. The molecule has 138 valence electrons. The summed E-state index contributed by atoms with van der Waals surface area (Å²) in [6, 6.07) is 17.1. The van der Waals surface area contributed by atoms with Crippen LogP contribution in [0.15, 0.2) is 54.6 Å². The van der Waals surface area contributed by atoms with E-state index >= 15 is 0 Å². The Morgan fingerprint density at radius 2 is 1.62 bits per heavy atom. The van der Waals surface area contributed by atoms with Gasteiger partial charge in [-0.25, -0.2) is 0 Å². The summed E-state index contributed by atoms with van der Waals surface area (Å²) < 4.78 is 5.82. The van der Waals surface area contributed by atoms with Gasteiger partial charge in [-0.1, -0.05) is 62.4 Å². The van der Waals surface area contributed by atoms with E-state index in [1.54, 1.807) is 6.92 Å². The third-order valence-electron chi connectivity index (χ3n) is 4.27. The molecule has 0 aliphatic rings. The fourth-order valence-corrected chi connectivity index (χ4v) is 2.52. The number of hydrazine groups is 1. The van der Waals surface area contributed by atoms with Crippen LogP contribution in [0.3, 0.4) is 0 Å². The monoisotopic (exact) mass is 354 g/mol. The number of ether oxygens (including phenoxy) is 1. The number of para-hydroxylation sites is 1. The van der Waals surface area contributed by atoms with Crippen LogP contribution in [0.25, 0.3) is 0 Å². The predicted octanol–water partition coefficient (Wildman–Crippen LogP) is 3.36. The molecule has 2 rings (SSSR count). The summed E-state index contributed by atoms with van der Waals surface area (Å²) in [4.78, 5) is 24.1. The van der Waals surface area contributed by atoms with Gasteiger partial charge in [-0.3, -0.25) is 20.4 Å². The molecule has 0 spiro atoms. The first-order valence-electron chi connectivity index (χ1n) is 8.89. The highest BCUT2D eigenvalue weighted by atomic mass is 16.5. The number of hydrogen-bond acceptors (Lipinski definition) is 3. The molecule has 0 aliphatic heterocycles. The van der Waals surface area contributed by atoms with E-state index in [0.717, 1.165) is 17.5 Å². The zero-order chi connectivity index (χ0) is 18.9. The molecule has 5 nitrogen and oxygen atoms in total. The van der Waals surface area contributed by atoms with Gasteiger partial charge in [0.2, 0.25) is 5.91 Å². The fourth-order valence-electron chi connectivity index (χ4n) is 2.52. The Morgan fingerprint density at radius 3 is 2.31 bits per heavy atom. The average Bonchev–Trinajstić information content (AvgIpc) is 2.66. The largest absolute Gasteiger partial charge is 0.481 e. The maximum Gasteiger partial charge on any atom is 0.279 e. The van der Waals surface area contributed by atoms with Gasteiger partial charge in [-0.2, -0.15) is 0 Å². The van der Waals surface area contributed by atoms with Gasteiger partial charge in [0.05, 0.1) is 6.42 Å². The smallest absolute Gasteiger partial charge is 0.279 e. The minimum Gasteiger partial charge on any atom is -0.481 e. The van der Waals surface area contributed by atoms with Crippen molar-refractivity contribution in [2.45, 2.75) is 45.6 Å². The quantitative estimate of drug-likeness (QED) is 0.749. The Bertz CT molecular complexity index is 731. The molecule has 0 saturated heterocycles. The van der Waals surface area contributed by atoms with E-state index in [2.05, 4.69) is 24.7 Å². The second-order valence-electron chi connectivity index (χ2n) is 6.31. The lowest BCUT2D eigenvalue weighted by molar-refractivity contribution is -0.132. The lowest BCUT2D eigenvalue weighted by atomic mass is 9.98. The zero-order valence-electron chi connectivity index (χ0n) is 15.5. The molecule has 26 heavy (non-hydrogen) atoms. The van der Waals surface area contributed by atoms with Crippen molar-refractivity contribution >= 4 is 11.8 Å². The van der Waals surface area contributed by atoms with E-state index in [0.29, 0.717) is 11.7 Å². The molecule has 2 N–H and O–H groups in total. The van der Waals surface area contributed by atoms with Crippen molar-refractivity contribution in [1.82, 2.24) is 10.9 Å². The number of carbonyl (C=O) groups is 2. The summed E-state index contributed by atoms with van der Waals surface area (Å²) in [6.45, 7) is 5.89. The molecular weight excluding hydrogens is 328 g/mol. The van der Waals surface area contributed by atoms with Crippen molar-refractivity contribution in [1.29, 1.82) is 0 Å². The normalized spacial score (nSPS) is 12.7. The lowest BCUT2D eigenvalue weighted by Crippen LogP contribution is -2.47. The molecule has 0 radical (unpaired) electrons. The molecular formula is C21H26N2O3. The molecule has 0 fully saturated rings. The van der Waals surface area contributed by atoms with Crippen LogP contribution in [-0.4, -0.2) is 17.9 Å². The van der Waals surface area contributed by atoms with Crippen molar-refractivity contribution in [2.75, 3.05) is 0 Å². The van der Waals surface area contributed by atoms with Crippen LogP contribution in [0, 0.1) is 0 Å². The van der Waals surface area contributed by atoms with Crippen LogP contribution in [-0.2, 0) is 16.0 Å². The second kappa shape index (κ2) is 9.61. The number of amides is 2. The summed E-state index contributed by atoms with van der Waals surface area (Å²) in [5.41, 5.74) is 6.80. The van der Waals surface area contributed by atoms with E-state index in [1.807, 2.05) is 54.6 Å². The van der Waals surface area contributed by atoms with Crippen molar-refractivity contribution in [2.24, 2.45) is 0 Å². The molecule has 0 aliphatic carbocycles. The summed E-state index contributed by atoms with van der Waals surface area (Å²) in [5.74, 6) is 0.356. The highest BCUT2D eigenvalue weighted by Gasteiger charge is 2.18. The van der Waals surface area contributed by atoms with E-state index < -0.39 is 12.0 Å². The summed E-state index contributed by atoms with van der Waals surface area (Å²) in [7, 11) is 0. The Hall–Kier alpha value is -2.82. The van der Waals surface area contributed by atoms with E-state index in [4.69, 9.17) is 4.74 Å². The average molecular weight is 354 g/mol. The minimum absolute atomic E-state index is 0.202. The highest BCUT2D eigenvalue weighted by molar-refractivity contribution is 5.85. The van der Waals surface area contributed by atoms with Crippen LogP contribution < -0.4 is 15.6 Å². The van der Waals surface area contributed by atoms with Crippen molar-refractivity contribution in [3.63, 3.8) is 0 Å². The maximum absolute atomic E-state index is 12.2. The molecule has 5 heteroatoms. The second-order valence-corrected chi connectivity index (χ2v) is 6.31. The number of rotatable bonds is 7. The molecule has 2 amide bonds. The van der Waals surface area contributed by atoms with Crippen LogP contribution in [0.2, 0.25) is 0 Å². The Labute approximate surface area is 154 Å². The molecule has 0 aromatic heterocycles. The highest BCUT2D eigenvalue weighted by Crippen LogP contribution is 2.29. The number of benzene rings is 2. The topological polar surface area (TPSA) is 67.4 Å². The van der Waals surface area contributed by atoms with Gasteiger partial charge in [-0.15, -0.1) is 0 Å². The van der Waals surface area contributed by atoms with Crippen LogP contribution in [0.5, 0.6) is 5.75 Å². The lowest BCUT2D eigenvalue weighted by Gasteiger charge is -2.19. The third-order valence-corrected chi connectivity index (χ3v) is 4.27. The minimum atomic E-state index is -0.725. The van der Waals surface area contributed by atoms with E-state index in [1.165, 1.54) is 0 Å². The van der Waals surface area contributed by atoms with Gasteiger partial charge in [0.25, 0.3) is 5.91 Å². The summed E-state index contributed by atoms with van der Waals surface area (Å²) in [6.07, 6.45) is 0.459. The predicted molar refractivity (Wildman–Crippen MR) is 102 cm³/mol. The van der Waals surface area contributed by atoms with Gasteiger partial charge < -0.3 is 4.74 Å². The molecule has 2 aromatic rings. The van der Waals surface area contributed by atoms with Crippen LogP contribution in [0.4, 0.5) is 0 Å². The SMILES string of the molecule is CCC(C)c1ccccc1OC(C)C(=O)NNC(=O)Cc1ccccc1. The molecule has 0 bridgehead atoms. The number of carbonyl (C=O) groups excluding carboxylic acids is 2. The standard InChI is InChI=1S/C21H26N2O3/c1-4-15(2)18-12-8-9-13-19(18)26-16(3)21(25)23-22-20(24)14-17-10-6-5-7-11-17/h5-13,15-16H,4,14H2,1-3H3,(H,22,24)(H,23,25). The first kappa shape index (κ1) is 19.5. The molecule has 2 unspecified atom stereocenters. The first-order valence-corrected chi connectivity index (χ1v) is 8.89. The fraction of sp³-hybridized carbons (Fsp3) is 0.333. The maximum atomic E-state index is 12.2. The van der Waals surface area contributed by atoms with Gasteiger partial charge in [-0.05, 0) is 36.5 Å². The Morgan fingerprint density at radius 1 is 0.962 bits per heavy atom. The zero-order valence-corrected chi connectivity index (χ0v) is 15.5. The number of hydrogen-bond donors (Lipinski definition) is 2. The molecule has 0 heterocycles. The first-order chi connectivity index (χ1) is 12.5. The van der Waals surface area contributed by atoms with E-state index in [9.17, 15) is 9.59 Å². The molecule has 2 atom stereocenters. The van der Waals surface area contributed by atoms with Crippen molar-refractivity contribution < 1.29 is 14.3 Å². The number of nitrogens with one attached hydrogen (secondary N) is 2. The van der Waals surface area contributed by atoms with Crippen molar-refractivity contribution in [3.8, 4) is 5.75 Å². The van der Waals surface area contributed by atoms with Crippen molar-refractivity contribution in [3.05, 3.63) is 65.7 Å². The Kier molecular flexibility index (Phi) is 7.21. The third kappa shape index (κ3) is 5.62. The van der Waals surface area contributed by atoms with Crippen LogP contribution in [0.1, 0.15) is 44.2 Å². The van der Waals surface area contributed by atoms with Crippen LogP contribution >= 0.6 is 0 Å². The van der Waals surface area contributed by atoms with Gasteiger partial charge in [0, 0.05) is 0 Å². The Balaban J connectivity index is 1.87. The summed E-state index contributed by atoms with van der Waals surface area (Å²) in [5, 5.41) is 0. The molecule has 2 aromatic carbocycles. The van der Waals surface area contributed by atoms with Gasteiger partial charge in [0.15, 0.2) is 6.10 Å². The van der Waals surface area contributed by atoms with Gasteiger partial charge >= 0.3 is 0 Å². The van der Waals surface area contributed by atoms with Gasteiger partial charge in [0.1, 0.15) is 5.75 Å².